The molecule has 46 valence electrons. The summed E-state index contributed by atoms with van der Waals surface area (Å²) >= 11 is 0. The summed E-state index contributed by atoms with van der Waals surface area (Å²) in [7, 11) is 0. The van der Waals surface area contributed by atoms with Gasteiger partial charge in [-0.05, 0) is 19.3 Å². The molecule has 0 bridgehead atoms. The first-order valence-corrected chi connectivity index (χ1v) is 3.24. The lowest BCUT2D eigenvalue weighted by atomic mass is 10.2. The Hall–Kier alpha value is -0.0800. The van der Waals surface area contributed by atoms with Crippen LogP contribution in [-0.4, -0.2) is 23.3 Å². The molecule has 1 heterocycles. The number of nitrogens with one attached hydrogen (secondary N) is 1. The van der Waals surface area contributed by atoms with Gasteiger partial charge in [-0.1, -0.05) is 0 Å². The highest BCUT2D eigenvalue weighted by molar-refractivity contribution is 5.07. The van der Waals surface area contributed by atoms with Crippen LogP contribution in [0.5, 0.6) is 0 Å². The van der Waals surface area contributed by atoms with Crippen molar-refractivity contribution in [2.45, 2.75) is 30.9 Å². The van der Waals surface area contributed by atoms with Crippen LogP contribution in [0.15, 0.2) is 0 Å². The van der Waals surface area contributed by atoms with Crippen molar-refractivity contribution in [1.29, 1.82) is 0 Å². The van der Waals surface area contributed by atoms with Crippen LogP contribution in [0.3, 0.4) is 0 Å². The van der Waals surface area contributed by atoms with Crippen molar-refractivity contribution in [2.75, 3.05) is 6.54 Å². The van der Waals surface area contributed by atoms with Crippen LogP contribution in [0.4, 0.5) is 0 Å². The molecule has 0 aromatic carbocycles. The summed E-state index contributed by atoms with van der Waals surface area (Å²) in [6, 6.07) is 0. The Labute approximate surface area is 48.9 Å². The Kier molecular flexibility index (Phi) is 0.746. The molecule has 2 N–H and O–H groups in total. The maximum Gasteiger partial charge on any atom is 0.0682 e. The van der Waals surface area contributed by atoms with E-state index in [9.17, 15) is 0 Å². The molecule has 0 aromatic rings. The third-order valence-electron chi connectivity index (χ3n) is 2.19. The van der Waals surface area contributed by atoms with Crippen molar-refractivity contribution >= 4 is 0 Å². The quantitative estimate of drug-likeness (QED) is 0.459. The molecule has 8 heavy (non-hydrogen) atoms. The summed E-state index contributed by atoms with van der Waals surface area (Å²) in [5, 5.41) is 12.3. The molecule has 1 spiro atoms. The van der Waals surface area contributed by atoms with Gasteiger partial charge < -0.3 is 10.4 Å². The Morgan fingerprint density at radius 3 is 2.50 bits per heavy atom. The van der Waals surface area contributed by atoms with E-state index in [1.165, 1.54) is 12.8 Å². The zero-order chi connectivity index (χ0) is 5.61. The Bertz CT molecular complexity index is 109. The minimum absolute atomic E-state index is 0.0579. The number of aliphatic hydroxyl groups excluding tert-OH is 1. The third-order valence-corrected chi connectivity index (χ3v) is 2.19. The second kappa shape index (κ2) is 1.25. The molecular weight excluding hydrogens is 102 g/mol. The van der Waals surface area contributed by atoms with Crippen LogP contribution >= 0.6 is 0 Å². The summed E-state index contributed by atoms with van der Waals surface area (Å²) in [6.07, 6.45) is 3.50. The molecule has 0 unspecified atom stereocenters. The van der Waals surface area contributed by atoms with E-state index in [0.717, 1.165) is 13.0 Å². The van der Waals surface area contributed by atoms with Gasteiger partial charge in [0.05, 0.1) is 6.10 Å². The first-order valence-electron chi connectivity index (χ1n) is 3.24. The van der Waals surface area contributed by atoms with Crippen molar-refractivity contribution in [3.8, 4) is 0 Å². The molecule has 0 radical (unpaired) electrons. The van der Waals surface area contributed by atoms with Gasteiger partial charge in [-0.3, -0.25) is 0 Å². The lowest BCUT2D eigenvalue weighted by molar-refractivity contribution is 0.192. The van der Waals surface area contributed by atoms with E-state index in [2.05, 4.69) is 5.32 Å². The van der Waals surface area contributed by atoms with E-state index in [1.54, 1.807) is 0 Å². The fraction of sp³-hybridized carbons (Fsp3) is 1.00. The standard InChI is InChI=1S/C6H11NO/c8-5-3-6(1-2-6)7-4-5/h5,7-8H,1-4H2/t5-/m1/s1. The molecule has 1 saturated heterocycles. The van der Waals surface area contributed by atoms with E-state index < -0.39 is 0 Å². The van der Waals surface area contributed by atoms with E-state index in [4.69, 9.17) is 5.11 Å². The smallest absolute Gasteiger partial charge is 0.0682 e. The lowest BCUT2D eigenvalue weighted by Crippen LogP contribution is -2.22. The summed E-state index contributed by atoms with van der Waals surface area (Å²) in [5.41, 5.74) is 0.416. The molecule has 1 saturated carbocycles. The van der Waals surface area contributed by atoms with Crippen molar-refractivity contribution in [3.63, 3.8) is 0 Å². The first kappa shape index (κ1) is 4.77. The summed E-state index contributed by atoms with van der Waals surface area (Å²) < 4.78 is 0. The van der Waals surface area contributed by atoms with Gasteiger partial charge in [0.2, 0.25) is 0 Å². The molecule has 2 aliphatic rings. The summed E-state index contributed by atoms with van der Waals surface area (Å²) in [5.74, 6) is 0. The third kappa shape index (κ3) is 0.565. The SMILES string of the molecule is O[C@H]1CNC2(CC2)C1. The largest absolute Gasteiger partial charge is 0.392 e. The summed E-state index contributed by atoms with van der Waals surface area (Å²) in [6.45, 7) is 0.819. The molecule has 1 aliphatic heterocycles. The number of aliphatic hydroxyl groups is 1. The predicted molar refractivity (Wildman–Crippen MR) is 30.6 cm³/mol. The van der Waals surface area contributed by atoms with Crippen molar-refractivity contribution in [2.24, 2.45) is 0 Å². The van der Waals surface area contributed by atoms with E-state index in [1.807, 2.05) is 0 Å². The maximum atomic E-state index is 9.04. The molecule has 2 nitrogen and oxygen atoms in total. The van der Waals surface area contributed by atoms with Crippen molar-refractivity contribution < 1.29 is 5.11 Å². The monoisotopic (exact) mass is 113 g/mol. The van der Waals surface area contributed by atoms with Crippen molar-refractivity contribution in [1.82, 2.24) is 5.32 Å². The fourth-order valence-electron chi connectivity index (χ4n) is 1.46. The Morgan fingerprint density at radius 1 is 1.50 bits per heavy atom. The zero-order valence-electron chi connectivity index (χ0n) is 4.85. The number of hydrogen-bond donors (Lipinski definition) is 2. The number of β-amino-alcohol motifs (C(OH)–C–C–N with tert-alkyl or cyclic N) is 1. The van der Waals surface area contributed by atoms with E-state index in [-0.39, 0.29) is 6.10 Å². The minimum atomic E-state index is -0.0579. The Balaban J connectivity index is 2.03. The molecule has 1 aliphatic carbocycles. The first-order chi connectivity index (χ1) is 3.81. The van der Waals surface area contributed by atoms with E-state index in [0.29, 0.717) is 5.54 Å². The van der Waals surface area contributed by atoms with Crippen LogP contribution < -0.4 is 5.32 Å². The molecule has 0 amide bonds. The average molecular weight is 113 g/mol. The summed E-state index contributed by atoms with van der Waals surface area (Å²) in [4.78, 5) is 0. The van der Waals surface area contributed by atoms with Crippen LogP contribution in [0.1, 0.15) is 19.3 Å². The van der Waals surface area contributed by atoms with Gasteiger partial charge in [-0.25, -0.2) is 0 Å². The van der Waals surface area contributed by atoms with Gasteiger partial charge in [0.25, 0.3) is 0 Å². The van der Waals surface area contributed by atoms with Crippen LogP contribution in [0.2, 0.25) is 0 Å². The second-order valence-corrected chi connectivity index (χ2v) is 3.02. The molecule has 1 atom stereocenters. The highest BCUT2D eigenvalue weighted by Gasteiger charge is 2.47. The van der Waals surface area contributed by atoms with Crippen LogP contribution in [0.25, 0.3) is 0 Å². The minimum Gasteiger partial charge on any atom is -0.392 e. The Morgan fingerprint density at radius 2 is 2.25 bits per heavy atom. The molecule has 0 aromatic heterocycles. The normalized spacial score (nSPS) is 40.9. The van der Waals surface area contributed by atoms with Gasteiger partial charge in [-0.2, -0.15) is 0 Å². The topological polar surface area (TPSA) is 32.3 Å². The van der Waals surface area contributed by atoms with Crippen LogP contribution in [-0.2, 0) is 0 Å². The average Bonchev–Trinajstić information content (AvgIpc) is 2.34. The lowest BCUT2D eigenvalue weighted by Gasteiger charge is -2.01. The molecule has 2 heteroatoms. The molecule has 2 rings (SSSR count). The van der Waals surface area contributed by atoms with Gasteiger partial charge in [-0.15, -0.1) is 0 Å². The number of rotatable bonds is 0. The molecular formula is C6H11NO. The van der Waals surface area contributed by atoms with Gasteiger partial charge in [0, 0.05) is 12.1 Å². The number of hydrogen-bond acceptors (Lipinski definition) is 2. The van der Waals surface area contributed by atoms with Gasteiger partial charge in [0.1, 0.15) is 0 Å². The molecule has 2 fully saturated rings. The zero-order valence-corrected chi connectivity index (χ0v) is 4.85. The highest BCUT2D eigenvalue weighted by Crippen LogP contribution is 2.42. The predicted octanol–water partition coefficient (Wildman–Crippen LogP) is -0.127. The highest BCUT2D eigenvalue weighted by atomic mass is 16.3. The van der Waals surface area contributed by atoms with Crippen molar-refractivity contribution in [3.05, 3.63) is 0 Å². The fourth-order valence-corrected chi connectivity index (χ4v) is 1.46. The van der Waals surface area contributed by atoms with Crippen LogP contribution in [0, 0.1) is 0 Å². The maximum absolute atomic E-state index is 9.04. The van der Waals surface area contributed by atoms with E-state index >= 15 is 0 Å². The van der Waals surface area contributed by atoms with Gasteiger partial charge in [0.15, 0.2) is 0 Å². The van der Waals surface area contributed by atoms with Gasteiger partial charge >= 0.3 is 0 Å². The second-order valence-electron chi connectivity index (χ2n) is 3.02.